The molecule has 14 nitrogen and oxygen atoms in total. The summed E-state index contributed by atoms with van der Waals surface area (Å²) in [7, 11) is 4.45. The Morgan fingerprint density at radius 3 is 2.56 bits per heavy atom. The van der Waals surface area contributed by atoms with Crippen LogP contribution in [0.4, 0.5) is 10.5 Å². The highest BCUT2D eigenvalue weighted by Crippen LogP contribution is 2.37. The molecule has 3 aliphatic heterocycles. The number of fused-ring (bicyclic) bond motifs is 4. The van der Waals surface area contributed by atoms with Crippen molar-refractivity contribution in [3.8, 4) is 5.75 Å². The lowest BCUT2D eigenvalue weighted by molar-refractivity contribution is -0.452. The summed E-state index contributed by atoms with van der Waals surface area (Å²) in [5.41, 5.74) is 2.21. The highest BCUT2D eigenvalue weighted by Gasteiger charge is 2.38. The number of hydrogen-bond acceptors (Lipinski definition) is 11. The Hall–Kier alpha value is -4.08. The lowest BCUT2D eigenvalue weighted by atomic mass is 9.82. The highest BCUT2D eigenvalue weighted by molar-refractivity contribution is 8.00. The number of imide groups is 1. The molecule has 0 aliphatic carbocycles. The van der Waals surface area contributed by atoms with E-state index in [1.54, 1.807) is 26.0 Å². The lowest BCUT2D eigenvalue weighted by Gasteiger charge is -2.44. The number of carbonyl (C=O) groups is 6. The molecule has 54 heavy (non-hydrogen) atoms. The van der Waals surface area contributed by atoms with Gasteiger partial charge in [0.05, 0.1) is 24.5 Å². The van der Waals surface area contributed by atoms with Gasteiger partial charge in [-0.05, 0) is 56.2 Å². The normalized spacial score (nSPS) is 28.9. The quantitative estimate of drug-likeness (QED) is 0.291. The minimum absolute atomic E-state index is 0.00955. The number of ether oxygens (including phenoxy) is 3. The summed E-state index contributed by atoms with van der Waals surface area (Å²) < 4.78 is 17.1. The van der Waals surface area contributed by atoms with E-state index in [1.807, 2.05) is 25.2 Å². The van der Waals surface area contributed by atoms with Gasteiger partial charge in [0.2, 0.25) is 23.6 Å². The molecule has 0 saturated carbocycles. The molecule has 3 unspecified atom stereocenters. The van der Waals surface area contributed by atoms with E-state index < -0.39 is 77.6 Å². The lowest BCUT2D eigenvalue weighted by Crippen LogP contribution is -2.54. The van der Waals surface area contributed by atoms with Gasteiger partial charge in [0.25, 0.3) is 0 Å². The van der Waals surface area contributed by atoms with Crippen LogP contribution in [0.1, 0.15) is 65.4 Å². The first-order valence-electron chi connectivity index (χ1n) is 18.0. The van der Waals surface area contributed by atoms with Gasteiger partial charge in [-0.1, -0.05) is 49.2 Å². The van der Waals surface area contributed by atoms with Crippen LogP contribution in [0, 0.1) is 11.8 Å². The fourth-order valence-electron chi connectivity index (χ4n) is 6.62. The standard InChI is InChI=1S/C38H50ClN4O10S/c1-20-10-8-9-11-25-17-27(53-38(50)40-25)21(2)35(47)22(3)28(18-33(46)43(6)26-15-24(14-20)16-29(51-7)34(26)39)52-37(49)23(4)42(5)32(45)12-13-54-30-19-31(44)41-36(30)48/h8-10,15-16,21-23,25,27-28,30,35H,11-14,17-19H2,1-7H3,(H,40,50)(H,41,44,48)/q-1/b9-8+,20-10+/t21-,22?,23+,25?,27+,28+,30?,35+/m1/s1. The zero-order valence-corrected chi connectivity index (χ0v) is 33.3. The molecule has 0 aromatic heterocycles. The maximum Gasteiger partial charge on any atom is 0.407 e. The van der Waals surface area contributed by atoms with Crippen LogP contribution in [0.25, 0.3) is 0 Å². The number of likely N-dealkylation sites (N-methyl/N-ethyl adjacent to an activating group) is 1. The third kappa shape index (κ3) is 10.8. The highest BCUT2D eigenvalue weighted by atomic mass is 35.5. The Bertz CT molecular complexity index is 1670. The number of alkyl carbamates (subject to hydrolysis) is 1. The zero-order chi connectivity index (χ0) is 39.9. The maximum atomic E-state index is 14.1. The maximum absolute atomic E-state index is 14.1. The molecule has 0 spiro atoms. The minimum Gasteiger partial charge on any atom is -0.851 e. The van der Waals surface area contributed by atoms with E-state index in [0.29, 0.717) is 30.7 Å². The molecular formula is C38H50ClN4O10S-. The summed E-state index contributed by atoms with van der Waals surface area (Å²) in [5, 5.41) is 18.8. The molecule has 1 aromatic carbocycles. The number of thioether (sulfide) groups is 1. The molecule has 2 saturated heterocycles. The first-order chi connectivity index (χ1) is 25.5. The van der Waals surface area contributed by atoms with Gasteiger partial charge < -0.3 is 34.4 Å². The number of allylic oxidation sites excluding steroid dienone is 3. The van der Waals surface area contributed by atoms with Crippen LogP contribution in [0.15, 0.2) is 35.9 Å². The fraction of sp³-hybridized carbons (Fsp3) is 0.579. The van der Waals surface area contributed by atoms with Gasteiger partial charge in [-0.15, -0.1) is 17.9 Å². The van der Waals surface area contributed by atoms with Crippen molar-refractivity contribution in [1.29, 1.82) is 0 Å². The van der Waals surface area contributed by atoms with Gasteiger partial charge in [-0.2, -0.15) is 0 Å². The molecule has 4 bridgehead atoms. The Balaban J connectivity index is 1.60. The van der Waals surface area contributed by atoms with E-state index in [-0.39, 0.29) is 35.6 Å². The minimum atomic E-state index is -1.43. The van der Waals surface area contributed by atoms with Crippen LogP contribution in [0.2, 0.25) is 5.02 Å². The number of hydrogen-bond donors (Lipinski definition) is 2. The van der Waals surface area contributed by atoms with Gasteiger partial charge in [-0.25, -0.2) is 9.59 Å². The van der Waals surface area contributed by atoms with Crippen molar-refractivity contribution in [3.05, 3.63) is 46.5 Å². The predicted molar refractivity (Wildman–Crippen MR) is 202 cm³/mol. The Morgan fingerprint density at radius 2 is 1.89 bits per heavy atom. The van der Waals surface area contributed by atoms with Crippen LogP contribution in [0.5, 0.6) is 5.75 Å². The molecule has 2 N–H and O–H groups in total. The molecule has 5 amide bonds. The summed E-state index contributed by atoms with van der Waals surface area (Å²) in [6, 6.07) is 2.22. The largest absolute Gasteiger partial charge is 0.851 e. The Morgan fingerprint density at radius 1 is 1.17 bits per heavy atom. The van der Waals surface area contributed by atoms with Crippen LogP contribution in [-0.2, 0) is 39.9 Å². The van der Waals surface area contributed by atoms with E-state index in [1.165, 1.54) is 49.7 Å². The molecule has 1 aromatic rings. The number of amides is 5. The third-order valence-electron chi connectivity index (χ3n) is 10.3. The molecule has 16 heteroatoms. The molecule has 3 aliphatic rings. The Labute approximate surface area is 325 Å². The molecule has 296 valence electrons. The number of carbonyl (C=O) groups excluding carboxylic acids is 6. The summed E-state index contributed by atoms with van der Waals surface area (Å²) in [6.45, 7) is 6.72. The SMILES string of the molecule is COc1cc2cc(c1Cl)N(C)C(=O)C[C@H](OC(=O)[C@H](C)N(C)C(=O)CCSC1CC(=O)NC1=O)C(C)[C@@H]([O-])[C@H](C)[C@@H]1CC(C/C=C/C=C(\C)C2)NC(=O)O1. The van der Waals surface area contributed by atoms with E-state index in [2.05, 4.69) is 10.6 Å². The predicted octanol–water partition coefficient (Wildman–Crippen LogP) is 3.32. The molecule has 8 atom stereocenters. The Kier molecular flexibility index (Phi) is 15.0. The number of anilines is 1. The van der Waals surface area contributed by atoms with Crippen LogP contribution < -0.4 is 25.4 Å². The molecule has 0 radical (unpaired) electrons. The topological polar surface area (TPSA) is 184 Å². The van der Waals surface area contributed by atoms with Crippen LogP contribution in [-0.4, -0.2) is 103 Å². The van der Waals surface area contributed by atoms with Gasteiger partial charge >= 0.3 is 12.1 Å². The van der Waals surface area contributed by atoms with E-state index in [0.717, 1.165) is 11.1 Å². The van der Waals surface area contributed by atoms with Gasteiger partial charge in [-0.3, -0.25) is 24.5 Å². The van der Waals surface area contributed by atoms with Crippen molar-refractivity contribution < 1.29 is 48.1 Å². The molecule has 3 heterocycles. The van der Waals surface area contributed by atoms with E-state index >= 15 is 0 Å². The fourth-order valence-corrected chi connectivity index (χ4v) is 7.99. The number of methoxy groups -OCH3 is 1. The first-order valence-corrected chi connectivity index (χ1v) is 19.4. The second-order valence-corrected chi connectivity index (χ2v) is 15.9. The number of esters is 1. The second-order valence-electron chi connectivity index (χ2n) is 14.2. The van der Waals surface area contributed by atoms with Gasteiger partial charge in [0.15, 0.2) is 0 Å². The molecule has 4 rings (SSSR count). The first kappa shape index (κ1) is 42.7. The van der Waals surface area contributed by atoms with Crippen molar-refractivity contribution in [3.63, 3.8) is 0 Å². The summed E-state index contributed by atoms with van der Waals surface area (Å²) in [4.78, 5) is 79.2. The second kappa shape index (κ2) is 19.0. The third-order valence-corrected chi connectivity index (χ3v) is 11.9. The number of halogens is 1. The average molecular weight is 790 g/mol. The van der Waals surface area contributed by atoms with Crippen molar-refractivity contribution in [2.24, 2.45) is 11.8 Å². The summed E-state index contributed by atoms with van der Waals surface area (Å²) >= 11 is 7.90. The van der Waals surface area contributed by atoms with Crippen molar-refractivity contribution >= 4 is 64.7 Å². The number of nitrogens with zero attached hydrogens (tertiary/aromatic N) is 2. The number of rotatable bonds is 8. The summed E-state index contributed by atoms with van der Waals surface area (Å²) in [5.74, 6) is -3.53. The smallest absolute Gasteiger partial charge is 0.407 e. The van der Waals surface area contributed by atoms with Gasteiger partial charge in [0, 0.05) is 45.2 Å². The van der Waals surface area contributed by atoms with Crippen molar-refractivity contribution in [2.45, 2.75) is 102 Å². The van der Waals surface area contributed by atoms with Crippen molar-refractivity contribution in [2.75, 3.05) is 31.9 Å². The van der Waals surface area contributed by atoms with Gasteiger partial charge in [0.1, 0.15) is 29.0 Å². The van der Waals surface area contributed by atoms with Crippen LogP contribution >= 0.6 is 23.4 Å². The zero-order valence-electron chi connectivity index (χ0n) is 31.7. The molecular weight excluding hydrogens is 740 g/mol. The monoisotopic (exact) mass is 789 g/mol. The number of nitrogens with one attached hydrogen (secondary N) is 2. The average Bonchev–Trinajstić information content (AvgIpc) is 3.46. The van der Waals surface area contributed by atoms with Crippen LogP contribution in [0.3, 0.4) is 0 Å². The van der Waals surface area contributed by atoms with E-state index in [9.17, 15) is 33.9 Å². The van der Waals surface area contributed by atoms with Crippen molar-refractivity contribution in [1.82, 2.24) is 15.5 Å². The van der Waals surface area contributed by atoms with E-state index in [4.69, 9.17) is 25.8 Å². The number of benzene rings is 1. The molecule has 2 fully saturated rings. The summed E-state index contributed by atoms with van der Waals surface area (Å²) in [6.07, 6.45) is 2.86.